The molecule has 2 aliphatic rings. The van der Waals surface area contributed by atoms with Gasteiger partial charge in [-0.05, 0) is 12.0 Å². The molecule has 0 bridgehead atoms. The molecule has 0 atom stereocenters. The third kappa shape index (κ3) is 0.817. The van der Waals surface area contributed by atoms with Gasteiger partial charge in [0.25, 0.3) is 0 Å². The Morgan fingerprint density at radius 3 is 3.40 bits per heavy atom. The lowest BCUT2D eigenvalue weighted by molar-refractivity contribution is -0.432. The quantitative estimate of drug-likeness (QED) is 0.458. The molecule has 2 heterocycles. The zero-order valence-electron chi connectivity index (χ0n) is 5.67. The van der Waals surface area contributed by atoms with Crippen LogP contribution < -0.4 is 4.99 Å². The summed E-state index contributed by atoms with van der Waals surface area (Å²) in [5.74, 6) is 0. The number of hydrogen-bond acceptors (Lipinski definition) is 1. The van der Waals surface area contributed by atoms with E-state index in [1.54, 1.807) is 0 Å². The van der Waals surface area contributed by atoms with Gasteiger partial charge in [-0.3, -0.25) is 4.99 Å². The second-order valence-electron chi connectivity index (χ2n) is 2.40. The maximum absolute atomic E-state index is 4.24. The van der Waals surface area contributed by atoms with E-state index in [2.05, 4.69) is 22.1 Å². The summed E-state index contributed by atoms with van der Waals surface area (Å²) in [6.45, 7) is 0.885. The SMILES string of the molecule is C1=CN=C2C[NH+]=CC=C2C1. The predicted molar refractivity (Wildman–Crippen MR) is 41.2 cm³/mol. The molecule has 2 heteroatoms. The number of nitrogens with one attached hydrogen (secondary N) is 1. The summed E-state index contributed by atoms with van der Waals surface area (Å²) in [6.07, 6.45) is 9.06. The Morgan fingerprint density at radius 1 is 1.50 bits per heavy atom. The van der Waals surface area contributed by atoms with Gasteiger partial charge in [0.05, 0.1) is 0 Å². The normalized spacial score (nSPS) is 21.6. The van der Waals surface area contributed by atoms with E-state index in [1.165, 1.54) is 11.3 Å². The Bertz CT molecular complexity index is 228. The molecule has 1 N–H and O–H groups in total. The van der Waals surface area contributed by atoms with Crippen molar-refractivity contribution in [3.05, 3.63) is 23.9 Å². The van der Waals surface area contributed by atoms with Gasteiger partial charge >= 0.3 is 0 Å². The van der Waals surface area contributed by atoms with E-state index in [0.29, 0.717) is 0 Å². The van der Waals surface area contributed by atoms with Gasteiger partial charge in [-0.1, -0.05) is 6.08 Å². The highest BCUT2D eigenvalue weighted by atomic mass is 14.8. The van der Waals surface area contributed by atoms with Crippen molar-refractivity contribution in [3.8, 4) is 0 Å². The van der Waals surface area contributed by atoms with Crippen molar-refractivity contribution in [2.75, 3.05) is 6.54 Å². The van der Waals surface area contributed by atoms with Gasteiger partial charge in [0.15, 0.2) is 12.8 Å². The monoisotopic (exact) mass is 133 g/mol. The van der Waals surface area contributed by atoms with Crippen LogP contribution in [-0.2, 0) is 0 Å². The van der Waals surface area contributed by atoms with E-state index in [9.17, 15) is 0 Å². The molecule has 0 radical (unpaired) electrons. The van der Waals surface area contributed by atoms with Crippen LogP contribution in [0.2, 0.25) is 0 Å². The number of rotatable bonds is 0. The van der Waals surface area contributed by atoms with E-state index in [4.69, 9.17) is 0 Å². The van der Waals surface area contributed by atoms with Crippen LogP contribution in [0.15, 0.2) is 28.9 Å². The first-order chi connectivity index (χ1) is 4.97. The average molecular weight is 133 g/mol. The van der Waals surface area contributed by atoms with Crippen LogP contribution >= 0.6 is 0 Å². The van der Waals surface area contributed by atoms with Crippen molar-refractivity contribution in [2.45, 2.75) is 6.42 Å². The summed E-state index contributed by atoms with van der Waals surface area (Å²) in [4.78, 5) is 7.35. The smallest absolute Gasteiger partial charge is 0.183 e. The molecule has 0 spiro atoms. The topological polar surface area (TPSA) is 26.3 Å². The van der Waals surface area contributed by atoms with E-state index in [0.717, 1.165) is 13.0 Å². The maximum Gasteiger partial charge on any atom is 0.183 e. The molecule has 0 fully saturated rings. The first-order valence-electron chi connectivity index (χ1n) is 3.44. The summed E-state index contributed by atoms with van der Waals surface area (Å²) >= 11 is 0. The average Bonchev–Trinajstić information content (AvgIpc) is 2.05. The van der Waals surface area contributed by atoms with E-state index >= 15 is 0 Å². The summed E-state index contributed by atoms with van der Waals surface area (Å²) < 4.78 is 0. The van der Waals surface area contributed by atoms with Crippen molar-refractivity contribution in [1.82, 2.24) is 0 Å². The van der Waals surface area contributed by atoms with Crippen LogP contribution in [0, 0.1) is 0 Å². The molecule has 0 aromatic rings. The van der Waals surface area contributed by atoms with Gasteiger partial charge in [-0.15, -0.1) is 0 Å². The largest absolute Gasteiger partial charge is 0.255 e. The summed E-state index contributed by atoms with van der Waals surface area (Å²) in [7, 11) is 0. The number of aliphatic imine (C=N–C) groups is 1. The third-order valence-corrected chi connectivity index (χ3v) is 1.72. The number of fused-ring (bicyclic) bond motifs is 1. The number of hydrogen-bond donors (Lipinski definition) is 1. The van der Waals surface area contributed by atoms with Crippen molar-refractivity contribution < 1.29 is 4.99 Å². The van der Waals surface area contributed by atoms with Gasteiger partial charge in [0, 0.05) is 12.3 Å². The van der Waals surface area contributed by atoms with Gasteiger partial charge in [0.2, 0.25) is 0 Å². The molecule has 0 amide bonds. The minimum absolute atomic E-state index is 0.885. The zero-order chi connectivity index (χ0) is 6.81. The van der Waals surface area contributed by atoms with Crippen LogP contribution in [0.5, 0.6) is 0 Å². The van der Waals surface area contributed by atoms with Crippen molar-refractivity contribution in [3.63, 3.8) is 0 Å². The standard InChI is InChI=1S/C8H8N2/c1-2-7-3-5-9-6-8(7)10-4-1/h1,3-5H,2,6H2/p+1. The van der Waals surface area contributed by atoms with Gasteiger partial charge in [-0.25, -0.2) is 4.99 Å². The Balaban J connectivity index is 2.38. The predicted octanol–water partition coefficient (Wildman–Crippen LogP) is -0.564. The molecule has 2 aliphatic heterocycles. The third-order valence-electron chi connectivity index (χ3n) is 1.72. The van der Waals surface area contributed by atoms with Crippen molar-refractivity contribution >= 4 is 11.9 Å². The number of nitrogens with zero attached hydrogens (tertiary/aromatic N) is 1. The van der Waals surface area contributed by atoms with Gasteiger partial charge in [-0.2, -0.15) is 0 Å². The lowest BCUT2D eigenvalue weighted by Gasteiger charge is -2.08. The van der Waals surface area contributed by atoms with Gasteiger partial charge < -0.3 is 0 Å². The zero-order valence-corrected chi connectivity index (χ0v) is 5.67. The first kappa shape index (κ1) is 5.59. The second kappa shape index (κ2) is 2.21. The molecule has 0 aromatic carbocycles. The lowest BCUT2D eigenvalue weighted by Crippen LogP contribution is -2.72. The second-order valence-corrected chi connectivity index (χ2v) is 2.40. The molecule has 2 rings (SSSR count). The van der Waals surface area contributed by atoms with E-state index < -0.39 is 0 Å². The fourth-order valence-electron chi connectivity index (χ4n) is 1.16. The molecule has 2 nitrogen and oxygen atoms in total. The molecule has 0 aromatic heterocycles. The lowest BCUT2D eigenvalue weighted by atomic mass is 10.0. The Labute approximate surface area is 59.7 Å². The minimum atomic E-state index is 0.885. The highest BCUT2D eigenvalue weighted by Gasteiger charge is 2.12. The van der Waals surface area contributed by atoms with Crippen LogP contribution in [0.3, 0.4) is 0 Å². The first-order valence-corrected chi connectivity index (χ1v) is 3.44. The Morgan fingerprint density at radius 2 is 2.50 bits per heavy atom. The summed E-state index contributed by atoms with van der Waals surface area (Å²) in [5.41, 5.74) is 2.53. The van der Waals surface area contributed by atoms with Crippen LogP contribution in [0.4, 0.5) is 0 Å². The van der Waals surface area contributed by atoms with Crippen molar-refractivity contribution in [2.24, 2.45) is 4.99 Å². The Kier molecular flexibility index (Phi) is 1.24. The fraction of sp³-hybridized carbons (Fsp3) is 0.250. The number of allylic oxidation sites excluding steroid dienone is 2. The summed E-state index contributed by atoms with van der Waals surface area (Å²) in [6, 6.07) is 0. The molecule has 0 saturated heterocycles. The van der Waals surface area contributed by atoms with E-state index in [1.807, 2.05) is 12.4 Å². The minimum Gasteiger partial charge on any atom is -0.255 e. The molecule has 0 unspecified atom stereocenters. The van der Waals surface area contributed by atoms with Crippen LogP contribution in [0.1, 0.15) is 6.42 Å². The highest BCUT2D eigenvalue weighted by Crippen LogP contribution is 2.09. The summed E-state index contributed by atoms with van der Waals surface area (Å²) in [5, 5.41) is 0. The fourth-order valence-corrected chi connectivity index (χ4v) is 1.16. The molecular weight excluding hydrogens is 124 g/mol. The molecule has 10 heavy (non-hydrogen) atoms. The molecule has 50 valence electrons. The molecule has 0 saturated carbocycles. The van der Waals surface area contributed by atoms with Crippen LogP contribution in [-0.4, -0.2) is 18.5 Å². The van der Waals surface area contributed by atoms with Crippen molar-refractivity contribution in [1.29, 1.82) is 0 Å². The van der Waals surface area contributed by atoms with Crippen LogP contribution in [0.25, 0.3) is 0 Å². The molecular formula is C8H9N2+. The van der Waals surface area contributed by atoms with Gasteiger partial charge in [0.1, 0.15) is 5.71 Å². The molecule has 0 aliphatic carbocycles. The maximum atomic E-state index is 4.24. The van der Waals surface area contributed by atoms with E-state index in [-0.39, 0.29) is 0 Å². The highest BCUT2D eigenvalue weighted by molar-refractivity contribution is 6.05. The Hall–Kier alpha value is -1.18.